The van der Waals surface area contributed by atoms with Gasteiger partial charge >= 0.3 is 0 Å². The number of hydrogen-bond donors (Lipinski definition) is 0. The Balaban J connectivity index is 1.83. The van der Waals surface area contributed by atoms with E-state index in [1.807, 2.05) is 12.1 Å². The molecule has 124 valence electrons. The summed E-state index contributed by atoms with van der Waals surface area (Å²) in [6.07, 6.45) is 1.99. The molecule has 0 aliphatic carbocycles. The number of rotatable bonds is 3. The molecule has 1 aliphatic rings. The van der Waals surface area contributed by atoms with Gasteiger partial charge in [0, 0.05) is 30.5 Å². The first-order valence-electron chi connectivity index (χ1n) is 7.90. The highest BCUT2D eigenvalue weighted by atomic mass is 16.2. The highest BCUT2D eigenvalue weighted by molar-refractivity contribution is 6.08. The second kappa shape index (κ2) is 6.62. The highest BCUT2D eigenvalue weighted by Crippen LogP contribution is 2.30. The van der Waals surface area contributed by atoms with E-state index in [2.05, 4.69) is 12.6 Å². The Hall–Kier alpha value is -3.39. The molecule has 2 amide bonds. The smallest absolute Gasteiger partial charge is 0.258 e. The Morgan fingerprint density at radius 3 is 2.60 bits per heavy atom. The first-order chi connectivity index (χ1) is 12.0. The van der Waals surface area contributed by atoms with Crippen LogP contribution in [0.1, 0.15) is 21.5 Å². The van der Waals surface area contributed by atoms with Crippen LogP contribution < -0.4 is 9.80 Å². The molecule has 0 saturated carbocycles. The zero-order valence-electron chi connectivity index (χ0n) is 13.9. The van der Waals surface area contributed by atoms with Gasteiger partial charge in [-0.25, -0.2) is 0 Å². The molecule has 5 nitrogen and oxygen atoms in total. The van der Waals surface area contributed by atoms with Crippen LogP contribution in [0.4, 0.5) is 11.4 Å². The van der Waals surface area contributed by atoms with Crippen molar-refractivity contribution in [1.82, 2.24) is 0 Å². The Labute approximate surface area is 146 Å². The molecule has 0 atom stereocenters. The number of likely N-dealkylation sites (N-methyl/N-ethyl adjacent to an activating group) is 1. The fourth-order valence-electron chi connectivity index (χ4n) is 2.93. The van der Waals surface area contributed by atoms with Gasteiger partial charge in [0.2, 0.25) is 5.91 Å². The highest BCUT2D eigenvalue weighted by Gasteiger charge is 2.25. The number of hydrogen-bond acceptors (Lipinski definition) is 3. The van der Waals surface area contributed by atoms with Gasteiger partial charge in [-0.1, -0.05) is 6.58 Å². The van der Waals surface area contributed by atoms with Gasteiger partial charge in [-0.15, -0.1) is 0 Å². The van der Waals surface area contributed by atoms with E-state index in [-0.39, 0.29) is 11.8 Å². The minimum atomic E-state index is -0.208. The molecule has 5 heteroatoms. The molecule has 2 aromatic rings. The summed E-state index contributed by atoms with van der Waals surface area (Å²) < 4.78 is 0. The van der Waals surface area contributed by atoms with Gasteiger partial charge in [0.05, 0.1) is 11.6 Å². The molecule has 0 bridgehead atoms. The summed E-state index contributed by atoms with van der Waals surface area (Å²) in [6.45, 7) is 4.06. The van der Waals surface area contributed by atoms with Gasteiger partial charge in [0.25, 0.3) is 5.91 Å². The summed E-state index contributed by atoms with van der Waals surface area (Å²) in [7, 11) is 1.66. The summed E-state index contributed by atoms with van der Waals surface area (Å²) in [6, 6.07) is 14.4. The predicted molar refractivity (Wildman–Crippen MR) is 96.6 cm³/mol. The molecule has 25 heavy (non-hydrogen) atoms. The molecule has 0 radical (unpaired) electrons. The Bertz CT molecular complexity index is 894. The minimum absolute atomic E-state index is 0.0901. The molecule has 2 aromatic carbocycles. The van der Waals surface area contributed by atoms with Crippen molar-refractivity contribution in [1.29, 1.82) is 5.26 Å². The fourth-order valence-corrected chi connectivity index (χ4v) is 2.93. The standard InChI is InChI=1S/C20H17N3O2/c1-3-19(24)22(2)17-7-5-15(6-8-17)20(25)23-11-10-16-12-14(13-21)4-9-18(16)23/h3-9,12H,1,10-11H2,2H3. The van der Waals surface area contributed by atoms with E-state index in [1.165, 1.54) is 11.0 Å². The summed E-state index contributed by atoms with van der Waals surface area (Å²) in [5, 5.41) is 8.98. The lowest BCUT2D eigenvalue weighted by Gasteiger charge is -2.19. The van der Waals surface area contributed by atoms with Gasteiger partial charge in [-0.3, -0.25) is 9.59 Å². The van der Waals surface area contributed by atoms with Crippen LogP contribution in [0.3, 0.4) is 0 Å². The molecule has 3 rings (SSSR count). The molecule has 0 spiro atoms. The maximum absolute atomic E-state index is 12.8. The normalized spacial score (nSPS) is 12.2. The largest absolute Gasteiger partial charge is 0.312 e. The van der Waals surface area contributed by atoms with Crippen LogP contribution in [0.15, 0.2) is 55.1 Å². The van der Waals surface area contributed by atoms with Gasteiger partial charge in [0.1, 0.15) is 0 Å². The van der Waals surface area contributed by atoms with Crippen molar-refractivity contribution in [2.45, 2.75) is 6.42 Å². The lowest BCUT2D eigenvalue weighted by atomic mass is 10.1. The van der Waals surface area contributed by atoms with Crippen LogP contribution in [0.5, 0.6) is 0 Å². The average Bonchev–Trinajstić information content (AvgIpc) is 3.09. The summed E-state index contributed by atoms with van der Waals surface area (Å²) >= 11 is 0. The van der Waals surface area contributed by atoms with Crippen LogP contribution in [0.25, 0.3) is 0 Å². The number of fused-ring (bicyclic) bond motifs is 1. The minimum Gasteiger partial charge on any atom is -0.312 e. The van der Waals surface area contributed by atoms with Crippen molar-refractivity contribution in [3.63, 3.8) is 0 Å². The summed E-state index contributed by atoms with van der Waals surface area (Å²) in [5.74, 6) is -0.298. The topological polar surface area (TPSA) is 64.4 Å². The van der Waals surface area contributed by atoms with Crippen LogP contribution in [-0.4, -0.2) is 25.4 Å². The fraction of sp³-hybridized carbons (Fsp3) is 0.150. The number of carbonyl (C=O) groups excluding carboxylic acids is 2. The van der Waals surface area contributed by atoms with Gasteiger partial charge in [-0.05, 0) is 60.5 Å². The van der Waals surface area contributed by atoms with E-state index in [0.717, 1.165) is 17.7 Å². The number of amides is 2. The van der Waals surface area contributed by atoms with Crippen molar-refractivity contribution >= 4 is 23.2 Å². The van der Waals surface area contributed by atoms with Crippen molar-refractivity contribution < 1.29 is 9.59 Å². The van der Waals surface area contributed by atoms with Gasteiger partial charge in [-0.2, -0.15) is 5.26 Å². The zero-order valence-corrected chi connectivity index (χ0v) is 13.9. The molecular weight excluding hydrogens is 314 g/mol. The van der Waals surface area contributed by atoms with E-state index in [1.54, 1.807) is 42.3 Å². The SMILES string of the molecule is C=CC(=O)N(C)c1ccc(C(=O)N2CCc3cc(C#N)ccc32)cc1. The number of carbonyl (C=O) groups is 2. The van der Waals surface area contributed by atoms with E-state index >= 15 is 0 Å². The van der Waals surface area contributed by atoms with Crippen molar-refractivity contribution in [3.8, 4) is 6.07 Å². The number of nitrogens with zero attached hydrogens (tertiary/aromatic N) is 3. The van der Waals surface area contributed by atoms with Crippen molar-refractivity contribution in [2.24, 2.45) is 0 Å². The molecule has 0 N–H and O–H groups in total. The van der Waals surface area contributed by atoms with Crippen LogP contribution in [0.2, 0.25) is 0 Å². The number of nitriles is 1. The zero-order chi connectivity index (χ0) is 18.0. The van der Waals surface area contributed by atoms with E-state index in [0.29, 0.717) is 23.4 Å². The molecule has 1 aliphatic heterocycles. The summed E-state index contributed by atoms with van der Waals surface area (Å²) in [4.78, 5) is 27.6. The second-order valence-electron chi connectivity index (χ2n) is 5.81. The Morgan fingerprint density at radius 1 is 1.24 bits per heavy atom. The monoisotopic (exact) mass is 331 g/mol. The van der Waals surface area contributed by atoms with Crippen LogP contribution >= 0.6 is 0 Å². The maximum Gasteiger partial charge on any atom is 0.258 e. The van der Waals surface area contributed by atoms with E-state index in [9.17, 15) is 9.59 Å². The van der Waals surface area contributed by atoms with Gasteiger partial charge < -0.3 is 9.80 Å². The lowest BCUT2D eigenvalue weighted by molar-refractivity contribution is -0.113. The Kier molecular flexibility index (Phi) is 4.36. The lowest BCUT2D eigenvalue weighted by Crippen LogP contribution is -2.29. The molecule has 1 heterocycles. The molecule has 0 aromatic heterocycles. The van der Waals surface area contributed by atoms with E-state index in [4.69, 9.17) is 5.26 Å². The molecule has 0 fully saturated rings. The third-order valence-corrected chi connectivity index (χ3v) is 4.36. The predicted octanol–water partition coefficient (Wildman–Crippen LogP) is 2.91. The van der Waals surface area contributed by atoms with Crippen molar-refractivity contribution in [2.75, 3.05) is 23.4 Å². The first-order valence-corrected chi connectivity index (χ1v) is 7.90. The van der Waals surface area contributed by atoms with Crippen LogP contribution in [-0.2, 0) is 11.2 Å². The quantitative estimate of drug-likeness (QED) is 0.812. The number of anilines is 2. The van der Waals surface area contributed by atoms with Crippen LogP contribution in [0, 0.1) is 11.3 Å². The number of benzene rings is 2. The van der Waals surface area contributed by atoms with E-state index < -0.39 is 0 Å². The molecule has 0 saturated heterocycles. The average molecular weight is 331 g/mol. The third kappa shape index (κ3) is 3.02. The molecular formula is C20H17N3O2. The van der Waals surface area contributed by atoms with Crippen molar-refractivity contribution in [3.05, 3.63) is 71.8 Å². The third-order valence-electron chi connectivity index (χ3n) is 4.36. The second-order valence-corrected chi connectivity index (χ2v) is 5.81. The van der Waals surface area contributed by atoms with Gasteiger partial charge in [0.15, 0.2) is 0 Å². The Morgan fingerprint density at radius 2 is 1.96 bits per heavy atom. The molecule has 0 unspecified atom stereocenters. The first kappa shape index (κ1) is 16.5. The summed E-state index contributed by atoms with van der Waals surface area (Å²) in [5.41, 5.74) is 3.72. The maximum atomic E-state index is 12.8.